The topological polar surface area (TPSA) is 55.8 Å². The summed E-state index contributed by atoms with van der Waals surface area (Å²) >= 11 is 0. The number of aryl methyl sites for hydroxylation is 1. The zero-order valence-electron chi connectivity index (χ0n) is 12.6. The molecule has 0 saturated heterocycles. The molecule has 1 aromatic carbocycles. The highest BCUT2D eigenvalue weighted by molar-refractivity contribution is 6.61. The molecular formula is C14H11BF6O4. The van der Waals surface area contributed by atoms with E-state index < -0.39 is 43.2 Å². The standard InChI is InChI=1S/C14H11BF6O4/c1-6-3-4-9-8(5-6)10(25-15(9)23)7(2)11(22)24-12(13(16,17)18)14(19,20)21/h3-5,10,12,23H,2H2,1H3. The van der Waals surface area contributed by atoms with E-state index in [1.165, 1.54) is 12.1 Å². The van der Waals surface area contributed by atoms with Crippen LogP contribution in [0.4, 0.5) is 26.3 Å². The third-order valence-electron chi connectivity index (χ3n) is 3.45. The minimum atomic E-state index is -5.83. The van der Waals surface area contributed by atoms with Gasteiger partial charge in [0, 0.05) is 0 Å². The number of carbonyl (C=O) groups excluding carboxylic acids is 1. The number of hydrogen-bond donors (Lipinski definition) is 1. The van der Waals surface area contributed by atoms with E-state index in [1.807, 2.05) is 0 Å². The van der Waals surface area contributed by atoms with Crippen LogP contribution < -0.4 is 5.46 Å². The molecule has 0 aromatic heterocycles. The maximum Gasteiger partial charge on any atom is 0.492 e. The van der Waals surface area contributed by atoms with Gasteiger partial charge in [-0.05, 0) is 17.9 Å². The lowest BCUT2D eigenvalue weighted by molar-refractivity contribution is -0.312. The van der Waals surface area contributed by atoms with Crippen LogP contribution in [0.5, 0.6) is 0 Å². The highest BCUT2D eigenvalue weighted by Crippen LogP contribution is 2.37. The van der Waals surface area contributed by atoms with E-state index >= 15 is 0 Å². The van der Waals surface area contributed by atoms with Crippen LogP contribution in [0.25, 0.3) is 0 Å². The van der Waals surface area contributed by atoms with Gasteiger partial charge in [-0.15, -0.1) is 0 Å². The lowest BCUT2D eigenvalue weighted by atomic mass is 9.78. The lowest BCUT2D eigenvalue weighted by Crippen LogP contribution is -2.46. The number of rotatable bonds is 3. The fourth-order valence-electron chi connectivity index (χ4n) is 2.30. The maximum atomic E-state index is 12.5. The van der Waals surface area contributed by atoms with E-state index in [4.69, 9.17) is 4.65 Å². The van der Waals surface area contributed by atoms with Crippen molar-refractivity contribution in [2.24, 2.45) is 0 Å². The summed E-state index contributed by atoms with van der Waals surface area (Å²) < 4.78 is 83.4. The van der Waals surface area contributed by atoms with Crippen molar-refractivity contribution in [2.45, 2.75) is 31.5 Å². The van der Waals surface area contributed by atoms with Crippen molar-refractivity contribution in [1.29, 1.82) is 0 Å². The molecule has 1 N–H and O–H groups in total. The Kier molecular flexibility index (Phi) is 4.93. The highest BCUT2D eigenvalue weighted by atomic mass is 19.4. The second kappa shape index (κ2) is 6.38. The molecular weight excluding hydrogens is 357 g/mol. The molecule has 0 radical (unpaired) electrons. The van der Waals surface area contributed by atoms with Gasteiger partial charge < -0.3 is 14.4 Å². The molecule has 0 fully saturated rings. The fraction of sp³-hybridized carbons (Fsp3) is 0.357. The van der Waals surface area contributed by atoms with Gasteiger partial charge >= 0.3 is 25.4 Å². The van der Waals surface area contributed by atoms with Crippen molar-refractivity contribution < 1.29 is 45.6 Å². The van der Waals surface area contributed by atoms with Crippen molar-refractivity contribution in [2.75, 3.05) is 0 Å². The average Bonchev–Trinajstić information content (AvgIpc) is 2.77. The molecule has 1 atom stereocenters. The van der Waals surface area contributed by atoms with Gasteiger partial charge in [-0.25, -0.2) is 4.79 Å². The number of alkyl halides is 6. The van der Waals surface area contributed by atoms with Gasteiger partial charge in [-0.3, -0.25) is 0 Å². The molecule has 1 heterocycles. The number of ether oxygens (including phenoxy) is 1. The Morgan fingerprint density at radius 3 is 2.36 bits per heavy atom. The second-order valence-electron chi connectivity index (χ2n) is 5.39. The molecule has 1 aliphatic rings. The zero-order valence-corrected chi connectivity index (χ0v) is 12.6. The average molecular weight is 368 g/mol. The van der Waals surface area contributed by atoms with Gasteiger partial charge in [0.05, 0.1) is 5.57 Å². The quantitative estimate of drug-likeness (QED) is 0.385. The van der Waals surface area contributed by atoms with Gasteiger partial charge in [0.1, 0.15) is 6.10 Å². The first-order chi connectivity index (χ1) is 11.3. The Balaban J connectivity index is 2.24. The van der Waals surface area contributed by atoms with Crippen LogP contribution in [-0.4, -0.2) is 36.6 Å². The van der Waals surface area contributed by atoms with Gasteiger partial charge in [0.2, 0.25) is 0 Å². The molecule has 1 unspecified atom stereocenters. The SMILES string of the molecule is C=C(C(=O)OC(C(F)(F)F)C(F)(F)F)C1OB(O)c2ccc(C)cc21. The summed E-state index contributed by atoms with van der Waals surface area (Å²) in [6, 6.07) is 4.54. The van der Waals surface area contributed by atoms with Crippen molar-refractivity contribution in [3.05, 3.63) is 41.5 Å². The molecule has 0 amide bonds. The third-order valence-corrected chi connectivity index (χ3v) is 3.45. The Bertz CT molecular complexity index is 686. The number of halogens is 6. The maximum absolute atomic E-state index is 12.5. The molecule has 0 spiro atoms. The number of esters is 1. The second-order valence-corrected chi connectivity index (χ2v) is 5.39. The van der Waals surface area contributed by atoms with Gasteiger partial charge in [0.15, 0.2) is 0 Å². The van der Waals surface area contributed by atoms with Crippen LogP contribution in [0, 0.1) is 6.92 Å². The largest absolute Gasteiger partial charge is 0.492 e. The predicted molar refractivity (Wildman–Crippen MR) is 73.7 cm³/mol. The van der Waals surface area contributed by atoms with Crippen molar-refractivity contribution in [3.8, 4) is 0 Å². The molecule has 25 heavy (non-hydrogen) atoms. The summed E-state index contributed by atoms with van der Waals surface area (Å²) in [5, 5.41) is 9.74. The molecule has 1 aromatic rings. The summed E-state index contributed by atoms with van der Waals surface area (Å²) in [5.41, 5.74) is 0.325. The first kappa shape index (κ1) is 19.3. The van der Waals surface area contributed by atoms with Crippen molar-refractivity contribution in [3.63, 3.8) is 0 Å². The first-order valence-electron chi connectivity index (χ1n) is 6.79. The molecule has 136 valence electrons. The predicted octanol–water partition coefficient (Wildman–Crippen LogP) is 2.35. The van der Waals surface area contributed by atoms with E-state index in [1.54, 1.807) is 13.0 Å². The number of fused-ring (bicyclic) bond motifs is 1. The highest BCUT2D eigenvalue weighted by Gasteiger charge is 2.60. The molecule has 11 heteroatoms. The smallest absolute Gasteiger partial charge is 0.439 e. The minimum absolute atomic E-state index is 0.213. The molecule has 4 nitrogen and oxygen atoms in total. The molecule has 0 bridgehead atoms. The normalized spacial score (nSPS) is 17.6. The lowest BCUT2D eigenvalue weighted by Gasteiger charge is -2.24. The molecule has 2 rings (SSSR count). The van der Waals surface area contributed by atoms with Crippen LogP contribution in [0.2, 0.25) is 0 Å². The van der Waals surface area contributed by atoms with Gasteiger partial charge in [-0.2, -0.15) is 26.3 Å². The monoisotopic (exact) mass is 368 g/mol. The number of hydrogen-bond acceptors (Lipinski definition) is 4. The number of benzene rings is 1. The van der Waals surface area contributed by atoms with Crippen LogP contribution in [0.15, 0.2) is 30.4 Å². The Hall–Kier alpha value is -2.01. The third kappa shape index (κ3) is 3.98. The van der Waals surface area contributed by atoms with E-state index in [2.05, 4.69) is 11.3 Å². The van der Waals surface area contributed by atoms with Gasteiger partial charge in [0.25, 0.3) is 6.10 Å². The van der Waals surface area contributed by atoms with E-state index in [-0.39, 0.29) is 11.0 Å². The van der Waals surface area contributed by atoms with Crippen molar-refractivity contribution >= 4 is 18.6 Å². The van der Waals surface area contributed by atoms with E-state index in [9.17, 15) is 36.2 Å². The van der Waals surface area contributed by atoms with Crippen molar-refractivity contribution in [1.82, 2.24) is 0 Å². The fourth-order valence-corrected chi connectivity index (χ4v) is 2.30. The Morgan fingerprint density at radius 1 is 1.28 bits per heavy atom. The van der Waals surface area contributed by atoms with Crippen LogP contribution in [0.3, 0.4) is 0 Å². The summed E-state index contributed by atoms with van der Waals surface area (Å²) in [4.78, 5) is 11.8. The summed E-state index contributed by atoms with van der Waals surface area (Å²) in [7, 11) is -1.49. The molecule has 0 saturated carbocycles. The van der Waals surface area contributed by atoms with Crippen LogP contribution >= 0.6 is 0 Å². The van der Waals surface area contributed by atoms with Crippen LogP contribution in [-0.2, 0) is 14.2 Å². The summed E-state index contributed by atoms with van der Waals surface area (Å²) in [6.07, 6.45) is -17.4. The number of carbonyl (C=O) groups is 1. The Morgan fingerprint density at radius 2 is 1.84 bits per heavy atom. The summed E-state index contributed by atoms with van der Waals surface area (Å²) in [5.74, 6) is -1.92. The van der Waals surface area contributed by atoms with Gasteiger partial charge in [-0.1, -0.05) is 30.3 Å². The van der Waals surface area contributed by atoms with Crippen LogP contribution in [0.1, 0.15) is 17.2 Å². The molecule has 1 aliphatic heterocycles. The molecule has 0 aliphatic carbocycles. The Labute approximate surface area is 138 Å². The van der Waals surface area contributed by atoms with E-state index in [0.717, 1.165) is 0 Å². The zero-order chi connectivity index (χ0) is 19.2. The first-order valence-corrected chi connectivity index (χ1v) is 6.79. The summed E-state index contributed by atoms with van der Waals surface area (Å²) in [6.45, 7) is 4.83. The minimum Gasteiger partial charge on any atom is -0.439 e. The van der Waals surface area contributed by atoms with E-state index in [0.29, 0.717) is 5.56 Å².